The topological polar surface area (TPSA) is 40.7 Å². The van der Waals surface area contributed by atoms with E-state index in [1.54, 1.807) is 0 Å². The summed E-state index contributed by atoms with van der Waals surface area (Å²) in [7, 11) is 0. The summed E-state index contributed by atoms with van der Waals surface area (Å²) in [6.45, 7) is 2.40. The van der Waals surface area contributed by atoms with Crippen LogP contribution in [0.25, 0.3) is 0 Å². The number of halogens is 2. The molecule has 76 valence electrons. The number of rotatable bonds is 1. The van der Waals surface area contributed by atoms with E-state index < -0.39 is 0 Å². The predicted octanol–water partition coefficient (Wildman–Crippen LogP) is 2.40. The lowest BCUT2D eigenvalue weighted by Gasteiger charge is -2.53. The Kier molecular flexibility index (Phi) is 2.05. The molecule has 3 nitrogen and oxygen atoms in total. The third-order valence-corrected chi connectivity index (χ3v) is 5.06. The number of hydrogen-bond donors (Lipinski definition) is 2. The van der Waals surface area contributed by atoms with Gasteiger partial charge in [-0.1, -0.05) is 0 Å². The summed E-state index contributed by atoms with van der Waals surface area (Å²) in [6.07, 6.45) is 2.57. The molecule has 1 aromatic rings. The molecule has 0 atom stereocenters. The van der Waals surface area contributed by atoms with Gasteiger partial charge in [0.2, 0.25) is 0 Å². The predicted molar refractivity (Wildman–Crippen MR) is 61.3 cm³/mol. The third-order valence-electron chi connectivity index (χ3n) is 3.38. The highest BCUT2D eigenvalue weighted by molar-refractivity contribution is 9.13. The van der Waals surface area contributed by atoms with Crippen LogP contribution in [0.5, 0.6) is 0 Å². The number of nitrogens with one attached hydrogen (secondary N) is 2. The Morgan fingerprint density at radius 1 is 1.29 bits per heavy atom. The molecular formula is C9H11Br2N3. The lowest BCUT2D eigenvalue weighted by molar-refractivity contribution is 0.0333. The fourth-order valence-corrected chi connectivity index (χ4v) is 3.07. The van der Waals surface area contributed by atoms with Gasteiger partial charge in [-0.3, -0.25) is 0 Å². The van der Waals surface area contributed by atoms with Crippen LogP contribution in [0.1, 0.15) is 24.6 Å². The fraction of sp³-hybridized carbons (Fsp3) is 0.667. The van der Waals surface area contributed by atoms with Crippen molar-refractivity contribution in [3.63, 3.8) is 0 Å². The van der Waals surface area contributed by atoms with Crippen LogP contribution < -0.4 is 5.32 Å². The summed E-state index contributed by atoms with van der Waals surface area (Å²) in [5.41, 5.74) is 0.621. The number of nitrogens with zero attached hydrogens (tertiary/aromatic N) is 1. The molecule has 0 radical (unpaired) electrons. The standard InChI is InChI=1S/C9H11Br2N3/c10-6-7(11)14-8(13-6)5-1-9(2-5)3-12-4-9/h5,12H,1-4H2,(H,13,14). The number of hydrogen-bond acceptors (Lipinski definition) is 2. The van der Waals surface area contributed by atoms with Gasteiger partial charge in [0.25, 0.3) is 0 Å². The molecule has 0 amide bonds. The molecule has 1 spiro atoms. The molecule has 2 heterocycles. The Balaban J connectivity index is 1.73. The van der Waals surface area contributed by atoms with Gasteiger partial charge in [-0.2, -0.15) is 0 Å². The SMILES string of the molecule is Brc1nc(C2CC3(CNC3)C2)[nH]c1Br. The second-order valence-corrected chi connectivity index (χ2v) is 5.98. The second-order valence-electron chi connectivity index (χ2n) is 4.44. The van der Waals surface area contributed by atoms with Crippen LogP contribution in [0.15, 0.2) is 9.21 Å². The van der Waals surface area contributed by atoms with E-state index in [2.05, 4.69) is 47.1 Å². The summed E-state index contributed by atoms with van der Waals surface area (Å²) in [6, 6.07) is 0. The molecule has 2 fully saturated rings. The van der Waals surface area contributed by atoms with Crippen LogP contribution in [-0.4, -0.2) is 23.1 Å². The van der Waals surface area contributed by atoms with Crippen molar-refractivity contribution in [2.75, 3.05) is 13.1 Å². The van der Waals surface area contributed by atoms with E-state index in [-0.39, 0.29) is 0 Å². The quantitative estimate of drug-likeness (QED) is 0.834. The molecule has 0 unspecified atom stereocenters. The summed E-state index contributed by atoms with van der Waals surface area (Å²) < 4.78 is 1.85. The molecule has 5 heteroatoms. The lowest BCUT2D eigenvalue weighted by atomic mass is 9.58. The van der Waals surface area contributed by atoms with Crippen LogP contribution in [0, 0.1) is 5.41 Å². The Morgan fingerprint density at radius 3 is 2.43 bits per heavy atom. The number of aromatic amines is 1. The third kappa shape index (κ3) is 1.29. The van der Waals surface area contributed by atoms with Crippen molar-refractivity contribution in [1.29, 1.82) is 0 Å². The smallest absolute Gasteiger partial charge is 0.138 e. The first-order valence-electron chi connectivity index (χ1n) is 4.80. The minimum absolute atomic E-state index is 0.621. The normalized spacial score (nSPS) is 24.7. The van der Waals surface area contributed by atoms with E-state index in [4.69, 9.17) is 0 Å². The summed E-state index contributed by atoms with van der Waals surface area (Å²) in [5, 5.41) is 3.34. The van der Waals surface area contributed by atoms with Gasteiger partial charge in [0, 0.05) is 19.0 Å². The van der Waals surface area contributed by atoms with Crippen LogP contribution in [0.4, 0.5) is 0 Å². The first-order valence-corrected chi connectivity index (χ1v) is 6.39. The first kappa shape index (κ1) is 9.36. The highest BCUT2D eigenvalue weighted by Crippen LogP contribution is 2.52. The Hall–Kier alpha value is 0.130. The average Bonchev–Trinajstić information content (AvgIpc) is 2.26. The van der Waals surface area contributed by atoms with Crippen molar-refractivity contribution in [1.82, 2.24) is 15.3 Å². The highest BCUT2D eigenvalue weighted by atomic mass is 79.9. The molecule has 1 saturated heterocycles. The van der Waals surface area contributed by atoms with Gasteiger partial charge < -0.3 is 10.3 Å². The maximum Gasteiger partial charge on any atom is 0.138 e. The van der Waals surface area contributed by atoms with Crippen LogP contribution in [0.2, 0.25) is 0 Å². The molecule has 1 saturated carbocycles. The monoisotopic (exact) mass is 319 g/mol. The first-order chi connectivity index (χ1) is 6.69. The van der Waals surface area contributed by atoms with Crippen molar-refractivity contribution in [2.45, 2.75) is 18.8 Å². The van der Waals surface area contributed by atoms with Gasteiger partial charge >= 0.3 is 0 Å². The maximum absolute atomic E-state index is 4.45. The molecule has 0 aromatic carbocycles. The van der Waals surface area contributed by atoms with E-state index in [1.165, 1.54) is 25.9 Å². The summed E-state index contributed by atoms with van der Waals surface area (Å²) in [5.74, 6) is 1.76. The molecule has 1 aliphatic heterocycles. The van der Waals surface area contributed by atoms with Gasteiger partial charge in [0.05, 0.1) is 0 Å². The Labute approximate surface area is 99.3 Å². The van der Waals surface area contributed by atoms with Crippen molar-refractivity contribution in [3.8, 4) is 0 Å². The van der Waals surface area contributed by atoms with E-state index >= 15 is 0 Å². The van der Waals surface area contributed by atoms with E-state index in [0.29, 0.717) is 11.3 Å². The second kappa shape index (κ2) is 3.06. The van der Waals surface area contributed by atoms with Gasteiger partial charge in [0.15, 0.2) is 0 Å². The van der Waals surface area contributed by atoms with Gasteiger partial charge in [-0.05, 0) is 50.1 Å². The van der Waals surface area contributed by atoms with E-state index in [0.717, 1.165) is 15.0 Å². The highest BCUT2D eigenvalue weighted by Gasteiger charge is 2.49. The van der Waals surface area contributed by atoms with Gasteiger partial charge in [-0.25, -0.2) is 4.98 Å². The number of aromatic nitrogens is 2. The Bertz CT molecular complexity index is 343. The summed E-state index contributed by atoms with van der Waals surface area (Å²) >= 11 is 6.82. The number of imidazole rings is 1. The van der Waals surface area contributed by atoms with Crippen molar-refractivity contribution < 1.29 is 0 Å². The van der Waals surface area contributed by atoms with Crippen LogP contribution >= 0.6 is 31.9 Å². The molecule has 14 heavy (non-hydrogen) atoms. The maximum atomic E-state index is 4.45. The Morgan fingerprint density at radius 2 is 2.00 bits per heavy atom. The molecular weight excluding hydrogens is 310 g/mol. The van der Waals surface area contributed by atoms with E-state index in [9.17, 15) is 0 Å². The van der Waals surface area contributed by atoms with Gasteiger partial charge in [-0.15, -0.1) is 0 Å². The molecule has 1 aromatic heterocycles. The zero-order valence-corrected chi connectivity index (χ0v) is 10.8. The zero-order chi connectivity index (χ0) is 9.76. The number of H-pyrrole nitrogens is 1. The largest absolute Gasteiger partial charge is 0.336 e. The minimum Gasteiger partial charge on any atom is -0.336 e. The molecule has 1 aliphatic carbocycles. The van der Waals surface area contributed by atoms with Gasteiger partial charge in [0.1, 0.15) is 15.0 Å². The average molecular weight is 321 g/mol. The molecule has 3 rings (SSSR count). The fourth-order valence-electron chi connectivity index (χ4n) is 2.49. The van der Waals surface area contributed by atoms with E-state index in [1.807, 2.05) is 0 Å². The van der Waals surface area contributed by atoms with Crippen LogP contribution in [-0.2, 0) is 0 Å². The molecule has 2 N–H and O–H groups in total. The summed E-state index contributed by atoms with van der Waals surface area (Å²) in [4.78, 5) is 7.72. The van der Waals surface area contributed by atoms with Crippen LogP contribution in [0.3, 0.4) is 0 Å². The lowest BCUT2D eigenvalue weighted by Crippen LogP contribution is -2.59. The van der Waals surface area contributed by atoms with Crippen molar-refractivity contribution >= 4 is 31.9 Å². The minimum atomic E-state index is 0.621. The molecule has 2 aliphatic rings. The van der Waals surface area contributed by atoms with Crippen molar-refractivity contribution in [3.05, 3.63) is 15.0 Å². The zero-order valence-electron chi connectivity index (χ0n) is 7.61. The van der Waals surface area contributed by atoms with Crippen molar-refractivity contribution in [2.24, 2.45) is 5.41 Å². The molecule has 0 bridgehead atoms.